The average molecular weight is 840 g/mol. The monoisotopic (exact) mass is 840 g/mol. The van der Waals surface area contributed by atoms with Crippen LogP contribution in [0.5, 0.6) is 0 Å². The lowest BCUT2D eigenvalue weighted by atomic mass is 10.0. The van der Waals surface area contributed by atoms with E-state index in [9.17, 15) is 20.1 Å². The van der Waals surface area contributed by atoms with E-state index in [0.717, 1.165) is 57.8 Å². The highest BCUT2D eigenvalue weighted by atomic mass is 16.3. The first-order chi connectivity index (χ1) is 29.6. The van der Waals surface area contributed by atoms with Crippen molar-refractivity contribution in [2.75, 3.05) is 6.61 Å². The molecule has 3 unspecified atom stereocenters. The fraction of sp³-hybridized carbons (Fsp3) is 0.800. The van der Waals surface area contributed by atoms with Crippen LogP contribution in [0.15, 0.2) is 60.8 Å². The topological polar surface area (TPSA) is 89.8 Å². The first kappa shape index (κ1) is 58.0. The van der Waals surface area contributed by atoms with E-state index in [1.807, 2.05) is 6.08 Å². The molecule has 0 aromatic carbocycles. The third kappa shape index (κ3) is 44.1. The molecule has 4 N–H and O–H groups in total. The summed E-state index contributed by atoms with van der Waals surface area (Å²) < 4.78 is 0. The molecule has 0 radical (unpaired) electrons. The Morgan fingerprint density at radius 2 is 0.733 bits per heavy atom. The van der Waals surface area contributed by atoms with Crippen LogP contribution in [0.2, 0.25) is 0 Å². The number of carbonyl (C=O) groups excluding carboxylic acids is 1. The van der Waals surface area contributed by atoms with Gasteiger partial charge in [0.1, 0.15) is 6.10 Å². The molecule has 5 nitrogen and oxygen atoms in total. The molecule has 0 aliphatic carbocycles. The minimum Gasteiger partial charge on any atom is -0.394 e. The Labute approximate surface area is 373 Å². The van der Waals surface area contributed by atoms with Gasteiger partial charge in [-0.2, -0.15) is 0 Å². The first-order valence-corrected chi connectivity index (χ1v) is 26.1. The summed E-state index contributed by atoms with van der Waals surface area (Å²) in [7, 11) is 0. The van der Waals surface area contributed by atoms with Crippen molar-refractivity contribution >= 4 is 5.91 Å². The van der Waals surface area contributed by atoms with Gasteiger partial charge in [-0.1, -0.05) is 242 Å². The predicted molar refractivity (Wildman–Crippen MR) is 264 cm³/mol. The summed E-state index contributed by atoms with van der Waals surface area (Å²) in [6, 6.07) is -0.829. The van der Waals surface area contributed by atoms with Gasteiger partial charge in [0.2, 0.25) is 5.91 Å². The molecule has 0 saturated heterocycles. The quantitative estimate of drug-likeness (QED) is 0.0363. The zero-order valence-electron chi connectivity index (χ0n) is 39.8. The standard InChI is InChI=1S/C55H101NO4/c1-3-5-7-9-11-13-15-17-19-21-23-25-27-28-30-31-33-35-37-39-41-43-45-47-49-53(58)52(51-57)56-55(60)54(59)50-48-46-44-42-40-38-36-34-32-29-26-24-22-20-18-16-14-12-10-8-6-4-2/h24,26,31-34,39,41,47,49,52-54,57-59H,3-23,25,27-30,35-38,40,42-46,48,50-51H2,1-2H3,(H,56,60)/b26-24-,33-31+,34-32-,41-39+,49-47+. The van der Waals surface area contributed by atoms with E-state index in [0.29, 0.717) is 6.42 Å². The zero-order valence-corrected chi connectivity index (χ0v) is 39.8. The summed E-state index contributed by atoms with van der Waals surface area (Å²) in [5.41, 5.74) is 0. The molecule has 0 aliphatic rings. The molecular weight excluding hydrogens is 739 g/mol. The Bertz CT molecular complexity index is 1020. The van der Waals surface area contributed by atoms with Crippen LogP contribution in [0.4, 0.5) is 0 Å². The van der Waals surface area contributed by atoms with E-state index in [1.165, 1.54) is 180 Å². The second kappa shape index (κ2) is 49.7. The fourth-order valence-corrected chi connectivity index (χ4v) is 7.72. The summed E-state index contributed by atoms with van der Waals surface area (Å²) >= 11 is 0. The predicted octanol–water partition coefficient (Wildman–Crippen LogP) is 15.8. The van der Waals surface area contributed by atoms with Crippen molar-refractivity contribution in [2.45, 2.75) is 276 Å². The Morgan fingerprint density at radius 3 is 1.12 bits per heavy atom. The smallest absolute Gasteiger partial charge is 0.249 e. The van der Waals surface area contributed by atoms with Crippen LogP contribution in [-0.4, -0.2) is 46.1 Å². The summed E-state index contributed by atoms with van der Waals surface area (Å²) in [5, 5.41) is 33.3. The number of carbonyl (C=O) groups is 1. The lowest BCUT2D eigenvalue weighted by Gasteiger charge is -2.21. The summed E-state index contributed by atoms with van der Waals surface area (Å²) in [6.45, 7) is 4.18. The zero-order chi connectivity index (χ0) is 43.7. The maximum Gasteiger partial charge on any atom is 0.249 e. The second-order valence-electron chi connectivity index (χ2n) is 17.7. The molecule has 0 aromatic rings. The number of allylic oxidation sites excluding steroid dienone is 9. The van der Waals surface area contributed by atoms with Gasteiger partial charge in [-0.15, -0.1) is 0 Å². The van der Waals surface area contributed by atoms with E-state index in [-0.39, 0.29) is 6.61 Å². The number of aliphatic hydroxyl groups excluding tert-OH is 3. The van der Waals surface area contributed by atoms with Crippen LogP contribution in [0.25, 0.3) is 0 Å². The van der Waals surface area contributed by atoms with Crippen molar-refractivity contribution in [1.29, 1.82) is 0 Å². The minimum atomic E-state index is -1.12. The van der Waals surface area contributed by atoms with Gasteiger partial charge >= 0.3 is 0 Å². The molecule has 0 rings (SSSR count). The second-order valence-corrected chi connectivity index (χ2v) is 17.7. The third-order valence-corrected chi connectivity index (χ3v) is 11.8. The van der Waals surface area contributed by atoms with Crippen LogP contribution in [0.3, 0.4) is 0 Å². The number of aliphatic hydroxyl groups is 3. The number of hydrogen-bond acceptors (Lipinski definition) is 4. The number of unbranched alkanes of at least 4 members (excludes halogenated alkanes) is 31. The maximum atomic E-state index is 12.5. The van der Waals surface area contributed by atoms with Crippen molar-refractivity contribution in [2.24, 2.45) is 0 Å². The van der Waals surface area contributed by atoms with Crippen LogP contribution in [0.1, 0.15) is 258 Å². The molecule has 3 atom stereocenters. The Balaban J connectivity index is 3.72. The van der Waals surface area contributed by atoms with Gasteiger partial charge < -0.3 is 20.6 Å². The summed E-state index contributed by atoms with van der Waals surface area (Å²) in [4.78, 5) is 12.5. The number of rotatable bonds is 47. The first-order valence-electron chi connectivity index (χ1n) is 26.1. The van der Waals surface area contributed by atoms with E-state index in [1.54, 1.807) is 6.08 Å². The highest BCUT2D eigenvalue weighted by molar-refractivity contribution is 5.80. The molecule has 60 heavy (non-hydrogen) atoms. The number of hydrogen-bond donors (Lipinski definition) is 4. The van der Waals surface area contributed by atoms with E-state index in [2.05, 4.69) is 67.8 Å². The Morgan fingerprint density at radius 1 is 0.417 bits per heavy atom. The molecule has 5 heteroatoms. The largest absolute Gasteiger partial charge is 0.394 e. The van der Waals surface area contributed by atoms with Crippen molar-refractivity contribution in [3.63, 3.8) is 0 Å². The van der Waals surface area contributed by atoms with Crippen LogP contribution in [0, 0.1) is 0 Å². The normalized spacial score (nSPS) is 13.9. The fourth-order valence-electron chi connectivity index (χ4n) is 7.72. The SMILES string of the molecule is CCCCCCCCCCC/C=C\C/C=C\CCCCCCCCC(O)C(=O)NC(CO)C(O)/C=C/CC/C=C/CC/C=C/CCCCCCCCCCCCCCCC. The van der Waals surface area contributed by atoms with Crippen LogP contribution >= 0.6 is 0 Å². The summed E-state index contributed by atoms with van der Waals surface area (Å²) in [5.74, 6) is -0.525. The van der Waals surface area contributed by atoms with E-state index >= 15 is 0 Å². The number of nitrogens with one attached hydrogen (secondary N) is 1. The van der Waals surface area contributed by atoms with Crippen LogP contribution < -0.4 is 5.32 Å². The third-order valence-electron chi connectivity index (χ3n) is 11.8. The van der Waals surface area contributed by atoms with E-state index < -0.39 is 24.2 Å². The lowest BCUT2D eigenvalue weighted by Crippen LogP contribution is -2.48. The van der Waals surface area contributed by atoms with Crippen molar-refractivity contribution < 1.29 is 20.1 Å². The van der Waals surface area contributed by atoms with Gasteiger partial charge in [-0.05, 0) is 77.0 Å². The molecule has 0 fully saturated rings. The van der Waals surface area contributed by atoms with Crippen molar-refractivity contribution in [3.8, 4) is 0 Å². The molecule has 0 spiro atoms. The van der Waals surface area contributed by atoms with Crippen LogP contribution in [-0.2, 0) is 4.79 Å². The van der Waals surface area contributed by atoms with Gasteiger partial charge in [0, 0.05) is 0 Å². The summed E-state index contributed by atoms with van der Waals surface area (Å²) in [6.07, 6.45) is 67.1. The molecule has 0 heterocycles. The average Bonchev–Trinajstić information content (AvgIpc) is 3.25. The Hall–Kier alpha value is -1.95. The van der Waals surface area contributed by atoms with E-state index in [4.69, 9.17) is 0 Å². The molecular formula is C55H101NO4. The maximum absolute atomic E-state index is 12.5. The van der Waals surface area contributed by atoms with Gasteiger partial charge in [-0.3, -0.25) is 4.79 Å². The molecule has 0 bridgehead atoms. The molecule has 0 aromatic heterocycles. The molecule has 0 aliphatic heterocycles. The van der Waals surface area contributed by atoms with Crippen molar-refractivity contribution in [1.82, 2.24) is 5.32 Å². The molecule has 0 saturated carbocycles. The number of amides is 1. The molecule has 350 valence electrons. The minimum absolute atomic E-state index is 0.387. The van der Waals surface area contributed by atoms with Gasteiger partial charge in [0.25, 0.3) is 0 Å². The molecule has 1 amide bonds. The van der Waals surface area contributed by atoms with Gasteiger partial charge in [0.05, 0.1) is 18.8 Å². The van der Waals surface area contributed by atoms with Crippen molar-refractivity contribution in [3.05, 3.63) is 60.8 Å². The highest BCUT2D eigenvalue weighted by Crippen LogP contribution is 2.15. The highest BCUT2D eigenvalue weighted by Gasteiger charge is 2.22. The van der Waals surface area contributed by atoms with Gasteiger partial charge in [0.15, 0.2) is 0 Å². The van der Waals surface area contributed by atoms with Gasteiger partial charge in [-0.25, -0.2) is 0 Å². The Kier molecular flexibility index (Phi) is 48.1. The lowest BCUT2D eigenvalue weighted by molar-refractivity contribution is -0.131.